The molecule has 0 aliphatic carbocycles. The average Bonchev–Trinajstić information content (AvgIpc) is 2.54. The Bertz CT molecular complexity index is 879. The monoisotopic (exact) mass is 373 g/mol. The van der Waals surface area contributed by atoms with E-state index in [1.54, 1.807) is 6.92 Å². The summed E-state index contributed by atoms with van der Waals surface area (Å²) in [6, 6.07) is 9.29. The molecule has 0 spiro atoms. The summed E-state index contributed by atoms with van der Waals surface area (Å²) in [7, 11) is -4.58. The van der Waals surface area contributed by atoms with Crippen molar-refractivity contribution in [1.82, 2.24) is 0 Å². The first kappa shape index (κ1) is 18.8. The van der Waals surface area contributed by atoms with Gasteiger partial charge in [-0.25, -0.2) is 13.2 Å². The second kappa shape index (κ2) is 7.14. The Balaban J connectivity index is 2.47. The fraction of sp³-hybridized carbons (Fsp3) is 0.188. The third-order valence-corrected chi connectivity index (χ3v) is 4.57. The Morgan fingerprint density at radius 3 is 2.32 bits per heavy atom. The fourth-order valence-electron chi connectivity index (χ4n) is 2.09. The van der Waals surface area contributed by atoms with Gasteiger partial charge in [0, 0.05) is 0 Å². The molecule has 0 amide bonds. The zero-order valence-electron chi connectivity index (χ0n) is 13.0. The van der Waals surface area contributed by atoms with Gasteiger partial charge in [-0.1, -0.05) is 24.3 Å². The van der Waals surface area contributed by atoms with Crippen LogP contribution in [0.15, 0.2) is 53.4 Å². The summed E-state index contributed by atoms with van der Waals surface area (Å²) >= 11 is 0. The number of nitrogens with one attached hydrogen (secondary N) is 1. The maximum atomic E-state index is 13.1. The first-order chi connectivity index (χ1) is 11.7. The smallest absolute Gasteiger partial charge is 0.417 e. The van der Waals surface area contributed by atoms with Gasteiger partial charge in [-0.3, -0.25) is 4.72 Å². The lowest BCUT2D eigenvalue weighted by molar-refractivity contribution is -0.139. The molecule has 0 saturated carbocycles. The van der Waals surface area contributed by atoms with Gasteiger partial charge in [0.2, 0.25) is 0 Å². The molecule has 0 saturated heterocycles. The Morgan fingerprint density at radius 1 is 1.08 bits per heavy atom. The van der Waals surface area contributed by atoms with Gasteiger partial charge in [0.05, 0.1) is 28.3 Å². The molecule has 0 unspecified atom stereocenters. The standard InChI is InChI=1S/C16H14F3NO4S/c1-2-24-15(21)11-7-3-5-9-13(11)20-25(22,23)14-10-6-4-8-12(14)16(17,18)19/h3-10,20H,2H2,1H3. The lowest BCUT2D eigenvalue weighted by Crippen LogP contribution is -2.20. The Kier molecular flexibility index (Phi) is 5.36. The maximum absolute atomic E-state index is 13.1. The van der Waals surface area contributed by atoms with Gasteiger partial charge in [0.15, 0.2) is 0 Å². The number of anilines is 1. The van der Waals surface area contributed by atoms with Crippen molar-refractivity contribution in [2.45, 2.75) is 18.0 Å². The van der Waals surface area contributed by atoms with Crippen LogP contribution in [0, 0.1) is 0 Å². The molecule has 0 aliphatic heterocycles. The second-order valence-corrected chi connectivity index (χ2v) is 6.52. The number of alkyl halides is 3. The molecule has 134 valence electrons. The minimum absolute atomic E-state index is 0.0663. The van der Waals surface area contributed by atoms with Crippen LogP contribution in [0.2, 0.25) is 0 Å². The van der Waals surface area contributed by atoms with Crippen molar-refractivity contribution in [2.24, 2.45) is 0 Å². The van der Waals surface area contributed by atoms with E-state index in [0.29, 0.717) is 6.07 Å². The molecule has 0 aromatic heterocycles. The summed E-state index contributed by atoms with van der Waals surface area (Å²) in [4.78, 5) is 10.9. The van der Waals surface area contributed by atoms with E-state index in [-0.39, 0.29) is 17.9 Å². The normalized spacial score (nSPS) is 11.8. The summed E-state index contributed by atoms with van der Waals surface area (Å²) in [5.74, 6) is -0.787. The van der Waals surface area contributed by atoms with E-state index in [1.807, 2.05) is 4.72 Å². The Hall–Kier alpha value is -2.55. The highest BCUT2D eigenvalue weighted by atomic mass is 32.2. The van der Waals surface area contributed by atoms with E-state index < -0.39 is 32.6 Å². The molecule has 0 aliphatic rings. The summed E-state index contributed by atoms with van der Waals surface area (Å²) < 4.78 is 70.9. The van der Waals surface area contributed by atoms with Crippen LogP contribution in [0.25, 0.3) is 0 Å². The zero-order valence-corrected chi connectivity index (χ0v) is 13.8. The van der Waals surface area contributed by atoms with Gasteiger partial charge in [0.1, 0.15) is 0 Å². The molecule has 2 rings (SSSR count). The van der Waals surface area contributed by atoms with Gasteiger partial charge in [-0.15, -0.1) is 0 Å². The first-order valence-corrected chi connectivity index (χ1v) is 8.60. The number of hydrogen-bond donors (Lipinski definition) is 1. The number of para-hydroxylation sites is 1. The number of benzene rings is 2. The van der Waals surface area contributed by atoms with Crippen molar-refractivity contribution >= 4 is 21.7 Å². The molecule has 1 N–H and O–H groups in total. The van der Waals surface area contributed by atoms with Gasteiger partial charge in [-0.2, -0.15) is 13.2 Å². The number of carbonyl (C=O) groups is 1. The summed E-state index contributed by atoms with van der Waals surface area (Å²) in [5.41, 5.74) is -1.56. The Labute approximate surface area is 142 Å². The SMILES string of the molecule is CCOC(=O)c1ccccc1NS(=O)(=O)c1ccccc1C(F)(F)F. The van der Waals surface area contributed by atoms with Crippen LogP contribution >= 0.6 is 0 Å². The van der Waals surface area contributed by atoms with E-state index in [4.69, 9.17) is 4.74 Å². The molecule has 0 heterocycles. The van der Waals surface area contributed by atoms with E-state index in [1.165, 1.54) is 30.3 Å². The molecule has 2 aromatic carbocycles. The van der Waals surface area contributed by atoms with E-state index in [9.17, 15) is 26.4 Å². The van der Waals surface area contributed by atoms with Crippen LogP contribution in [-0.4, -0.2) is 21.0 Å². The molecule has 0 radical (unpaired) electrons. The molecule has 2 aromatic rings. The van der Waals surface area contributed by atoms with Crippen LogP contribution < -0.4 is 4.72 Å². The fourth-order valence-corrected chi connectivity index (χ4v) is 3.40. The number of halogens is 3. The van der Waals surface area contributed by atoms with Crippen LogP contribution in [-0.2, 0) is 20.9 Å². The molecule has 0 fully saturated rings. The van der Waals surface area contributed by atoms with Crippen LogP contribution in [0.4, 0.5) is 18.9 Å². The highest BCUT2D eigenvalue weighted by Crippen LogP contribution is 2.34. The predicted molar refractivity (Wildman–Crippen MR) is 84.7 cm³/mol. The highest BCUT2D eigenvalue weighted by molar-refractivity contribution is 7.92. The molecule has 0 bridgehead atoms. The minimum atomic E-state index is -4.84. The zero-order chi connectivity index (χ0) is 18.7. The van der Waals surface area contributed by atoms with E-state index in [0.717, 1.165) is 12.1 Å². The largest absolute Gasteiger partial charge is 0.462 e. The van der Waals surface area contributed by atoms with Crippen molar-refractivity contribution in [1.29, 1.82) is 0 Å². The highest BCUT2D eigenvalue weighted by Gasteiger charge is 2.37. The lowest BCUT2D eigenvalue weighted by Gasteiger charge is -2.15. The molecule has 0 atom stereocenters. The Morgan fingerprint density at radius 2 is 1.68 bits per heavy atom. The number of sulfonamides is 1. The van der Waals surface area contributed by atoms with Crippen molar-refractivity contribution in [3.63, 3.8) is 0 Å². The van der Waals surface area contributed by atoms with Gasteiger partial charge in [-0.05, 0) is 31.2 Å². The molecular weight excluding hydrogens is 359 g/mol. The van der Waals surface area contributed by atoms with Crippen LogP contribution in [0.5, 0.6) is 0 Å². The van der Waals surface area contributed by atoms with Crippen molar-refractivity contribution in [2.75, 3.05) is 11.3 Å². The number of hydrogen-bond acceptors (Lipinski definition) is 4. The van der Waals surface area contributed by atoms with Crippen molar-refractivity contribution < 1.29 is 31.1 Å². The summed E-state index contributed by atoms with van der Waals surface area (Å²) in [6.07, 6.45) is -4.84. The third kappa shape index (κ3) is 4.30. The first-order valence-electron chi connectivity index (χ1n) is 7.12. The lowest BCUT2D eigenvalue weighted by atomic mass is 10.2. The summed E-state index contributed by atoms with van der Waals surface area (Å²) in [6.45, 7) is 1.64. The number of ether oxygens (including phenoxy) is 1. The van der Waals surface area contributed by atoms with Gasteiger partial charge >= 0.3 is 12.1 Å². The third-order valence-electron chi connectivity index (χ3n) is 3.15. The summed E-state index contributed by atoms with van der Waals surface area (Å²) in [5, 5.41) is 0. The average molecular weight is 373 g/mol. The van der Waals surface area contributed by atoms with Crippen LogP contribution in [0.3, 0.4) is 0 Å². The van der Waals surface area contributed by atoms with E-state index in [2.05, 4.69) is 0 Å². The van der Waals surface area contributed by atoms with Crippen molar-refractivity contribution in [3.8, 4) is 0 Å². The van der Waals surface area contributed by atoms with Gasteiger partial charge < -0.3 is 4.74 Å². The quantitative estimate of drug-likeness (QED) is 0.812. The van der Waals surface area contributed by atoms with Crippen LogP contribution in [0.1, 0.15) is 22.8 Å². The van der Waals surface area contributed by atoms with Gasteiger partial charge in [0.25, 0.3) is 10.0 Å². The molecule has 5 nitrogen and oxygen atoms in total. The maximum Gasteiger partial charge on any atom is 0.417 e. The number of rotatable bonds is 5. The molecule has 9 heteroatoms. The molecule has 25 heavy (non-hydrogen) atoms. The van der Waals surface area contributed by atoms with Crippen molar-refractivity contribution in [3.05, 3.63) is 59.7 Å². The molecular formula is C16H14F3NO4S. The minimum Gasteiger partial charge on any atom is -0.462 e. The van der Waals surface area contributed by atoms with E-state index >= 15 is 0 Å². The topological polar surface area (TPSA) is 72.5 Å². The predicted octanol–water partition coefficient (Wildman–Crippen LogP) is 3.68. The number of carbonyl (C=O) groups excluding carboxylic acids is 1. The number of esters is 1. The second-order valence-electron chi connectivity index (χ2n) is 4.87.